The smallest absolute Gasteiger partial charge is 0.120 e. The lowest BCUT2D eigenvalue weighted by Gasteiger charge is -2.05. The molecule has 0 spiro atoms. The van der Waals surface area contributed by atoms with Crippen molar-refractivity contribution >= 4 is 16.6 Å². The van der Waals surface area contributed by atoms with Crippen LogP contribution in [0.5, 0.6) is 11.5 Å². The Morgan fingerprint density at radius 1 is 1.15 bits per heavy atom. The summed E-state index contributed by atoms with van der Waals surface area (Å²) in [5.74, 6) is 0.957. The lowest BCUT2D eigenvalue weighted by atomic mass is 10.1. The zero-order valence-corrected chi connectivity index (χ0v) is 11.2. The van der Waals surface area contributed by atoms with E-state index in [1.807, 2.05) is 36.0 Å². The highest BCUT2D eigenvalue weighted by atomic mass is 16.5. The number of aryl methyl sites for hydroxylation is 1. The summed E-state index contributed by atoms with van der Waals surface area (Å²) in [7, 11) is 1.97. The topological polar surface area (TPSA) is 60.4 Å². The number of hydrogen-bond acceptors (Lipinski definition) is 3. The minimum atomic E-state index is 0.232. The predicted octanol–water partition coefficient (Wildman–Crippen LogP) is 3.05. The first-order chi connectivity index (χ1) is 9.65. The number of benzene rings is 2. The summed E-state index contributed by atoms with van der Waals surface area (Å²) < 4.78 is 7.76. The Morgan fingerprint density at radius 2 is 1.90 bits per heavy atom. The van der Waals surface area contributed by atoms with Crippen molar-refractivity contribution in [2.24, 2.45) is 7.05 Å². The fourth-order valence-electron chi connectivity index (χ4n) is 2.40. The minimum absolute atomic E-state index is 0.232. The van der Waals surface area contributed by atoms with E-state index in [0.717, 1.165) is 27.9 Å². The first kappa shape index (κ1) is 12.4. The van der Waals surface area contributed by atoms with Crippen LogP contribution in [0.15, 0.2) is 48.7 Å². The summed E-state index contributed by atoms with van der Waals surface area (Å²) in [6, 6.07) is 12.6. The molecule has 2 aromatic carbocycles. The second-order valence-corrected chi connectivity index (χ2v) is 4.79. The van der Waals surface area contributed by atoms with Crippen molar-refractivity contribution in [1.82, 2.24) is 4.57 Å². The number of anilines is 1. The molecule has 0 fully saturated rings. The molecule has 4 nitrogen and oxygen atoms in total. The summed E-state index contributed by atoms with van der Waals surface area (Å²) >= 11 is 0. The molecule has 20 heavy (non-hydrogen) atoms. The molecule has 0 saturated heterocycles. The molecule has 3 N–H and O–H groups in total. The number of ether oxygens (including phenoxy) is 1. The van der Waals surface area contributed by atoms with Gasteiger partial charge in [0, 0.05) is 24.2 Å². The van der Waals surface area contributed by atoms with E-state index in [-0.39, 0.29) is 5.75 Å². The van der Waals surface area contributed by atoms with E-state index in [9.17, 15) is 5.11 Å². The Hall–Kier alpha value is -2.62. The molecular weight excluding hydrogens is 252 g/mol. The molecule has 0 saturated carbocycles. The number of fused-ring (bicyclic) bond motifs is 1. The maximum atomic E-state index is 9.24. The molecule has 0 atom stereocenters. The molecule has 0 aliphatic carbocycles. The van der Waals surface area contributed by atoms with Crippen molar-refractivity contribution < 1.29 is 9.84 Å². The molecule has 3 aromatic rings. The first-order valence-electron chi connectivity index (χ1n) is 6.39. The van der Waals surface area contributed by atoms with Gasteiger partial charge in [-0.15, -0.1) is 0 Å². The van der Waals surface area contributed by atoms with E-state index in [1.165, 1.54) is 0 Å². The van der Waals surface area contributed by atoms with E-state index in [4.69, 9.17) is 10.5 Å². The van der Waals surface area contributed by atoms with E-state index in [2.05, 4.69) is 0 Å². The van der Waals surface area contributed by atoms with Crippen LogP contribution in [-0.4, -0.2) is 9.67 Å². The maximum absolute atomic E-state index is 9.24. The number of rotatable bonds is 3. The minimum Gasteiger partial charge on any atom is -0.508 e. The number of para-hydroxylation sites is 1. The van der Waals surface area contributed by atoms with Gasteiger partial charge in [0.25, 0.3) is 0 Å². The molecule has 0 aliphatic rings. The van der Waals surface area contributed by atoms with Gasteiger partial charge in [0.05, 0.1) is 11.2 Å². The average molecular weight is 268 g/mol. The second-order valence-electron chi connectivity index (χ2n) is 4.79. The number of aromatic nitrogens is 1. The number of phenols is 1. The van der Waals surface area contributed by atoms with Crippen molar-refractivity contribution in [1.29, 1.82) is 0 Å². The molecule has 102 valence electrons. The second kappa shape index (κ2) is 4.81. The molecule has 0 amide bonds. The van der Waals surface area contributed by atoms with Gasteiger partial charge in [-0.05, 0) is 30.3 Å². The van der Waals surface area contributed by atoms with Crippen LogP contribution in [0.1, 0.15) is 5.56 Å². The van der Waals surface area contributed by atoms with Gasteiger partial charge < -0.3 is 20.1 Å². The lowest BCUT2D eigenvalue weighted by Crippen LogP contribution is -1.94. The van der Waals surface area contributed by atoms with Crippen molar-refractivity contribution in [2.75, 3.05) is 5.73 Å². The number of phenolic OH excluding ortho intramolecular Hbond substituents is 1. The third-order valence-corrected chi connectivity index (χ3v) is 3.35. The van der Waals surface area contributed by atoms with Crippen LogP contribution < -0.4 is 10.5 Å². The van der Waals surface area contributed by atoms with Gasteiger partial charge >= 0.3 is 0 Å². The van der Waals surface area contributed by atoms with Crippen LogP contribution >= 0.6 is 0 Å². The summed E-state index contributed by atoms with van der Waals surface area (Å²) in [6.07, 6.45) is 2.03. The maximum Gasteiger partial charge on any atom is 0.120 e. The van der Waals surface area contributed by atoms with Gasteiger partial charge in [-0.2, -0.15) is 0 Å². The van der Waals surface area contributed by atoms with Crippen LogP contribution in [0.3, 0.4) is 0 Å². The van der Waals surface area contributed by atoms with Gasteiger partial charge in [0.15, 0.2) is 0 Å². The Labute approximate surface area is 117 Å². The molecule has 0 radical (unpaired) electrons. The van der Waals surface area contributed by atoms with E-state index in [0.29, 0.717) is 6.61 Å². The molecule has 4 heteroatoms. The SMILES string of the molecule is Cn1cc(COc2ccc(O)cc2)c2cccc(N)c21. The van der Waals surface area contributed by atoms with Gasteiger partial charge in [-0.3, -0.25) is 0 Å². The highest BCUT2D eigenvalue weighted by Crippen LogP contribution is 2.26. The molecular formula is C16H16N2O2. The summed E-state index contributed by atoms with van der Waals surface area (Å²) in [4.78, 5) is 0. The Kier molecular flexibility index (Phi) is 2.99. The van der Waals surface area contributed by atoms with Gasteiger partial charge in [0.2, 0.25) is 0 Å². The van der Waals surface area contributed by atoms with Crippen molar-refractivity contribution in [2.45, 2.75) is 6.61 Å². The fourth-order valence-corrected chi connectivity index (χ4v) is 2.40. The van der Waals surface area contributed by atoms with Gasteiger partial charge in [-0.1, -0.05) is 12.1 Å². The lowest BCUT2D eigenvalue weighted by molar-refractivity contribution is 0.307. The third-order valence-electron chi connectivity index (χ3n) is 3.35. The summed E-state index contributed by atoms with van der Waals surface area (Å²) in [5, 5.41) is 10.3. The molecule has 3 rings (SSSR count). The van der Waals surface area contributed by atoms with Crippen molar-refractivity contribution in [3.05, 3.63) is 54.2 Å². The molecule has 1 aromatic heterocycles. The fraction of sp³-hybridized carbons (Fsp3) is 0.125. The normalized spacial score (nSPS) is 10.8. The number of nitrogens with zero attached hydrogens (tertiary/aromatic N) is 1. The standard InChI is InChI=1S/C16H16N2O2/c1-18-9-11(14-3-2-4-15(17)16(14)18)10-20-13-7-5-12(19)6-8-13/h2-9,19H,10,17H2,1H3. The molecule has 0 bridgehead atoms. The zero-order valence-electron chi connectivity index (χ0n) is 11.2. The number of hydrogen-bond donors (Lipinski definition) is 2. The number of nitrogen functional groups attached to an aromatic ring is 1. The quantitative estimate of drug-likeness (QED) is 0.718. The van der Waals surface area contributed by atoms with Crippen LogP contribution in [0.25, 0.3) is 10.9 Å². The van der Waals surface area contributed by atoms with Crippen LogP contribution in [0.4, 0.5) is 5.69 Å². The monoisotopic (exact) mass is 268 g/mol. The van der Waals surface area contributed by atoms with E-state index < -0.39 is 0 Å². The third kappa shape index (κ3) is 2.16. The highest BCUT2D eigenvalue weighted by molar-refractivity contribution is 5.93. The summed E-state index contributed by atoms with van der Waals surface area (Å²) in [6.45, 7) is 0.464. The van der Waals surface area contributed by atoms with Crippen LogP contribution in [-0.2, 0) is 13.7 Å². The molecule has 0 unspecified atom stereocenters. The molecule has 1 heterocycles. The zero-order chi connectivity index (χ0) is 14.1. The number of nitrogens with two attached hydrogens (primary N) is 1. The predicted molar refractivity (Wildman–Crippen MR) is 79.8 cm³/mol. The van der Waals surface area contributed by atoms with Crippen molar-refractivity contribution in [3.8, 4) is 11.5 Å². The average Bonchev–Trinajstić information content (AvgIpc) is 2.76. The summed E-state index contributed by atoms with van der Waals surface area (Å²) in [5.41, 5.74) is 8.88. The first-order valence-corrected chi connectivity index (χ1v) is 6.39. The van der Waals surface area contributed by atoms with Gasteiger partial charge in [0.1, 0.15) is 18.1 Å². The highest BCUT2D eigenvalue weighted by Gasteiger charge is 2.09. The van der Waals surface area contributed by atoms with Crippen LogP contribution in [0, 0.1) is 0 Å². The van der Waals surface area contributed by atoms with Crippen LogP contribution in [0.2, 0.25) is 0 Å². The van der Waals surface area contributed by atoms with Crippen molar-refractivity contribution in [3.63, 3.8) is 0 Å². The Bertz CT molecular complexity index is 745. The van der Waals surface area contributed by atoms with Gasteiger partial charge in [-0.25, -0.2) is 0 Å². The number of aromatic hydroxyl groups is 1. The van der Waals surface area contributed by atoms with E-state index >= 15 is 0 Å². The molecule has 0 aliphatic heterocycles. The Morgan fingerprint density at radius 3 is 2.65 bits per heavy atom. The largest absolute Gasteiger partial charge is 0.508 e. The Balaban J connectivity index is 1.88. The van der Waals surface area contributed by atoms with E-state index in [1.54, 1.807) is 24.3 Å².